The third-order valence-electron chi connectivity index (χ3n) is 6.68. The van der Waals surface area contributed by atoms with Crippen molar-refractivity contribution in [3.8, 4) is 11.5 Å². The first-order valence-electron chi connectivity index (χ1n) is 12.7. The first-order chi connectivity index (χ1) is 19.7. The number of amides is 3. The molecule has 0 aliphatic rings. The molecule has 1 heterocycles. The van der Waals surface area contributed by atoms with E-state index < -0.39 is 23.8 Å². The monoisotopic (exact) mass is 573 g/mol. The zero-order valence-electron chi connectivity index (χ0n) is 23.1. The van der Waals surface area contributed by atoms with Crippen LogP contribution in [0.2, 0.25) is 0 Å². The van der Waals surface area contributed by atoms with Crippen molar-refractivity contribution in [1.82, 2.24) is 9.69 Å². The maximum absolute atomic E-state index is 14.3. The van der Waals surface area contributed by atoms with Gasteiger partial charge >= 0.3 is 0 Å². The third kappa shape index (κ3) is 6.15. The largest absolute Gasteiger partial charge is 0.493 e. The molecule has 0 unspecified atom stereocenters. The summed E-state index contributed by atoms with van der Waals surface area (Å²) in [4.78, 5) is 41.6. The molecule has 4 aromatic rings. The first-order valence-corrected chi connectivity index (χ1v) is 13.4. The lowest BCUT2D eigenvalue weighted by Gasteiger charge is -2.32. The minimum atomic E-state index is -1.17. The molecule has 41 heavy (non-hydrogen) atoms. The fourth-order valence-corrected chi connectivity index (χ4v) is 5.06. The van der Waals surface area contributed by atoms with E-state index in [1.54, 1.807) is 24.3 Å². The summed E-state index contributed by atoms with van der Waals surface area (Å²) in [6, 6.07) is 18.7. The van der Waals surface area contributed by atoms with Crippen LogP contribution in [0.3, 0.4) is 0 Å². The smallest absolute Gasteiger partial charge is 0.273 e. The summed E-state index contributed by atoms with van der Waals surface area (Å²) < 4.78 is 14.9. The molecule has 11 heteroatoms. The second kappa shape index (κ2) is 12.5. The van der Waals surface area contributed by atoms with Crippen molar-refractivity contribution in [2.75, 3.05) is 24.9 Å². The van der Waals surface area contributed by atoms with Gasteiger partial charge in [-0.2, -0.15) is 4.37 Å². The van der Waals surface area contributed by atoms with Crippen LogP contribution in [0, 0.1) is 13.8 Å². The van der Waals surface area contributed by atoms with E-state index in [1.807, 2.05) is 56.3 Å². The number of anilines is 2. The minimum Gasteiger partial charge on any atom is -0.493 e. The van der Waals surface area contributed by atoms with E-state index in [0.717, 1.165) is 28.2 Å². The molecule has 0 radical (unpaired) electrons. The van der Waals surface area contributed by atoms with Crippen LogP contribution >= 0.6 is 11.5 Å². The summed E-state index contributed by atoms with van der Waals surface area (Å²) in [5.74, 6) is -1.09. The van der Waals surface area contributed by atoms with Gasteiger partial charge in [-0.1, -0.05) is 42.5 Å². The van der Waals surface area contributed by atoms with Gasteiger partial charge in [-0.3, -0.25) is 19.3 Å². The number of carbonyl (C=O) groups excluding carboxylic acids is 3. The molecule has 0 fully saturated rings. The molecule has 10 nitrogen and oxygen atoms in total. The van der Waals surface area contributed by atoms with Crippen LogP contribution in [0.5, 0.6) is 11.5 Å². The van der Waals surface area contributed by atoms with Crippen molar-refractivity contribution in [1.29, 1.82) is 0 Å². The highest BCUT2D eigenvalue weighted by Gasteiger charge is 2.36. The predicted molar refractivity (Wildman–Crippen MR) is 158 cm³/mol. The van der Waals surface area contributed by atoms with E-state index in [1.165, 1.54) is 19.1 Å². The molecule has 3 amide bonds. The molecule has 1 aromatic heterocycles. The number of primary amides is 1. The van der Waals surface area contributed by atoms with Crippen molar-refractivity contribution in [3.05, 3.63) is 99.6 Å². The Morgan fingerprint density at radius 3 is 2.27 bits per heavy atom. The predicted octanol–water partition coefficient (Wildman–Crippen LogP) is 4.16. The number of benzene rings is 3. The summed E-state index contributed by atoms with van der Waals surface area (Å²) in [5.41, 5.74) is 14.9. The van der Waals surface area contributed by atoms with E-state index in [4.69, 9.17) is 20.9 Å². The van der Waals surface area contributed by atoms with Gasteiger partial charge in [0.25, 0.3) is 11.8 Å². The Morgan fingerprint density at radius 1 is 0.951 bits per heavy atom. The zero-order chi connectivity index (χ0) is 29.7. The molecule has 0 aliphatic heterocycles. The lowest BCUT2D eigenvalue weighted by molar-refractivity contribution is -0.122. The van der Waals surface area contributed by atoms with E-state index in [-0.39, 0.29) is 22.8 Å². The molecule has 212 valence electrons. The zero-order valence-corrected chi connectivity index (χ0v) is 24.0. The maximum Gasteiger partial charge on any atom is 0.273 e. The molecule has 3 aromatic carbocycles. The summed E-state index contributed by atoms with van der Waals surface area (Å²) in [7, 11) is 3.00. The van der Waals surface area contributed by atoms with Crippen LogP contribution in [-0.4, -0.2) is 36.3 Å². The number of nitrogen functional groups attached to an aromatic ring is 1. The maximum atomic E-state index is 14.3. The van der Waals surface area contributed by atoms with Crippen LogP contribution in [0.4, 0.5) is 11.4 Å². The number of hydrogen-bond acceptors (Lipinski definition) is 8. The van der Waals surface area contributed by atoms with E-state index >= 15 is 0 Å². The molecular formula is C30H31N5O5S. The van der Waals surface area contributed by atoms with Crippen LogP contribution in [0.15, 0.2) is 66.7 Å². The van der Waals surface area contributed by atoms with E-state index in [9.17, 15) is 14.4 Å². The fraction of sp³-hybridized carbons (Fsp3) is 0.200. The van der Waals surface area contributed by atoms with Crippen LogP contribution < -0.4 is 31.2 Å². The number of carbonyl (C=O) groups is 3. The molecule has 0 bridgehead atoms. The SMILES string of the molecule is COc1ccc([C@H](C(=O)NCc2ccccc2)N(C(=O)c2snc(C(N)=O)c2N)c2ccc(C)c(C)c2)cc1OC. The van der Waals surface area contributed by atoms with Crippen molar-refractivity contribution in [2.45, 2.75) is 26.4 Å². The van der Waals surface area contributed by atoms with Crippen LogP contribution in [0.1, 0.15) is 48.5 Å². The number of nitrogens with two attached hydrogens (primary N) is 2. The second-order valence-corrected chi connectivity index (χ2v) is 10.1. The number of hydrogen-bond donors (Lipinski definition) is 3. The van der Waals surface area contributed by atoms with Gasteiger partial charge in [-0.25, -0.2) is 0 Å². The normalized spacial score (nSPS) is 11.4. The number of nitrogens with one attached hydrogen (secondary N) is 1. The molecule has 4 rings (SSSR count). The minimum absolute atomic E-state index is 0.0154. The third-order valence-corrected chi connectivity index (χ3v) is 7.53. The van der Waals surface area contributed by atoms with Gasteiger partial charge in [-0.05, 0) is 71.9 Å². The van der Waals surface area contributed by atoms with Gasteiger partial charge in [-0.15, -0.1) is 0 Å². The Labute approximate surface area is 242 Å². The molecule has 5 N–H and O–H groups in total. The highest BCUT2D eigenvalue weighted by molar-refractivity contribution is 7.09. The van der Waals surface area contributed by atoms with Crippen molar-refractivity contribution >= 4 is 40.6 Å². The van der Waals surface area contributed by atoms with E-state index in [2.05, 4.69) is 9.69 Å². The highest BCUT2D eigenvalue weighted by atomic mass is 32.1. The van der Waals surface area contributed by atoms with Crippen LogP contribution in [0.25, 0.3) is 0 Å². The Morgan fingerprint density at radius 2 is 1.66 bits per heavy atom. The van der Waals surface area contributed by atoms with Crippen molar-refractivity contribution in [2.24, 2.45) is 5.73 Å². The lowest BCUT2D eigenvalue weighted by Crippen LogP contribution is -2.44. The van der Waals surface area contributed by atoms with Crippen molar-refractivity contribution < 1.29 is 23.9 Å². The van der Waals surface area contributed by atoms with Gasteiger partial charge in [0.15, 0.2) is 17.2 Å². The number of rotatable bonds is 10. The summed E-state index contributed by atoms with van der Waals surface area (Å²) in [6.07, 6.45) is 0. The Kier molecular flexibility index (Phi) is 8.88. The standard InChI is InChI=1S/C30H31N5O5S/c1-17-10-12-21(14-18(17)2)35(30(38)27-24(31)25(28(32)36)34-41-27)26(20-11-13-22(39-3)23(15-20)40-4)29(37)33-16-19-8-6-5-7-9-19/h5-15,26H,16,31H2,1-4H3,(H2,32,36)(H,33,37)/t26-/m1/s1. The Balaban J connectivity index is 1.90. The molecule has 0 saturated carbocycles. The summed E-state index contributed by atoms with van der Waals surface area (Å²) in [5, 5.41) is 2.96. The number of aryl methyl sites for hydroxylation is 2. The van der Waals surface area contributed by atoms with Crippen molar-refractivity contribution in [3.63, 3.8) is 0 Å². The lowest BCUT2D eigenvalue weighted by atomic mass is 10.0. The van der Waals surface area contributed by atoms with Gasteiger partial charge < -0.3 is 26.3 Å². The topological polar surface area (TPSA) is 150 Å². The quantitative estimate of drug-likeness (QED) is 0.258. The average molecular weight is 574 g/mol. The van der Waals surface area contributed by atoms with Gasteiger partial charge in [0, 0.05) is 12.2 Å². The molecular weight excluding hydrogens is 542 g/mol. The molecule has 0 saturated heterocycles. The molecule has 1 atom stereocenters. The number of nitrogens with zero attached hydrogens (tertiary/aromatic N) is 2. The Bertz CT molecular complexity index is 1590. The highest BCUT2D eigenvalue weighted by Crippen LogP contribution is 2.37. The van der Waals surface area contributed by atoms with Crippen LogP contribution in [-0.2, 0) is 11.3 Å². The summed E-state index contributed by atoms with van der Waals surface area (Å²) in [6.45, 7) is 4.09. The average Bonchev–Trinajstić information content (AvgIpc) is 3.37. The molecule has 0 spiro atoms. The summed E-state index contributed by atoms with van der Waals surface area (Å²) >= 11 is 0.748. The number of methoxy groups -OCH3 is 2. The van der Waals surface area contributed by atoms with Gasteiger partial charge in [0.2, 0.25) is 5.91 Å². The number of ether oxygens (including phenoxy) is 2. The fourth-order valence-electron chi connectivity index (χ4n) is 4.32. The molecule has 0 aliphatic carbocycles. The first kappa shape index (κ1) is 29.1. The van der Waals surface area contributed by atoms with E-state index in [0.29, 0.717) is 22.7 Å². The number of aromatic nitrogens is 1. The van der Waals surface area contributed by atoms with Gasteiger partial charge in [0.1, 0.15) is 10.9 Å². The van der Waals surface area contributed by atoms with Gasteiger partial charge in [0.05, 0.1) is 19.9 Å². The Hall–Kier alpha value is -4.90. The second-order valence-electron chi connectivity index (χ2n) is 9.30.